The normalized spacial score (nSPS) is 16.4. The summed E-state index contributed by atoms with van der Waals surface area (Å²) >= 11 is 1.15. The van der Waals surface area contributed by atoms with Crippen molar-refractivity contribution in [3.05, 3.63) is 64.5 Å². The number of fused-ring (bicyclic) bond motifs is 1. The third-order valence-electron chi connectivity index (χ3n) is 6.67. The molecule has 0 unspecified atom stereocenters. The fourth-order valence-corrected chi connectivity index (χ4v) is 5.51. The minimum absolute atomic E-state index is 0.231. The number of likely N-dealkylation sites (tertiary alicyclic amines) is 1. The number of hydrogen-bond acceptors (Lipinski definition) is 6. The summed E-state index contributed by atoms with van der Waals surface area (Å²) in [6.07, 6.45) is 4.66. The zero-order valence-corrected chi connectivity index (χ0v) is 20.4. The number of nitrogens with one attached hydrogen (secondary N) is 1. The Kier molecular flexibility index (Phi) is 6.14. The fourth-order valence-electron chi connectivity index (χ4n) is 4.57. The molecule has 0 atom stereocenters. The van der Waals surface area contributed by atoms with Gasteiger partial charge in [-0.3, -0.25) is 15.0 Å². The van der Waals surface area contributed by atoms with Crippen molar-refractivity contribution < 1.29 is 18.7 Å². The van der Waals surface area contributed by atoms with Crippen LogP contribution in [0.1, 0.15) is 40.2 Å². The van der Waals surface area contributed by atoms with Crippen molar-refractivity contribution in [2.45, 2.75) is 38.2 Å². The third-order valence-corrected chi connectivity index (χ3v) is 7.73. The maximum atomic E-state index is 13.7. The van der Waals surface area contributed by atoms with E-state index in [0.29, 0.717) is 53.2 Å². The van der Waals surface area contributed by atoms with Crippen LogP contribution >= 0.6 is 11.3 Å². The van der Waals surface area contributed by atoms with E-state index in [1.165, 1.54) is 17.0 Å². The lowest BCUT2D eigenvalue weighted by Crippen LogP contribution is -2.52. The van der Waals surface area contributed by atoms with Gasteiger partial charge in [-0.05, 0) is 43.5 Å². The molecule has 3 amide bonds. The number of thiazole rings is 1. The molecule has 1 N–H and O–H groups in total. The van der Waals surface area contributed by atoms with Crippen molar-refractivity contribution in [1.82, 2.24) is 14.9 Å². The Balaban J connectivity index is 1.20. The first-order valence-corrected chi connectivity index (χ1v) is 12.4. The quantitative estimate of drug-likeness (QED) is 0.571. The number of carbonyl (C=O) groups is 2. The predicted molar refractivity (Wildman–Crippen MR) is 132 cm³/mol. The number of urea groups is 1. The Morgan fingerprint density at radius 1 is 1.20 bits per heavy atom. The number of halogens is 1. The molecule has 2 aliphatic heterocycles. The van der Waals surface area contributed by atoms with Crippen molar-refractivity contribution in [3.8, 4) is 5.75 Å². The van der Waals surface area contributed by atoms with Gasteiger partial charge in [0.15, 0.2) is 5.13 Å². The average molecular weight is 496 g/mol. The van der Waals surface area contributed by atoms with Crippen LogP contribution in [0.3, 0.4) is 0 Å². The van der Waals surface area contributed by atoms with E-state index < -0.39 is 0 Å². The van der Waals surface area contributed by atoms with E-state index in [0.717, 1.165) is 29.7 Å². The second-order valence-electron chi connectivity index (χ2n) is 8.94. The van der Waals surface area contributed by atoms with E-state index in [1.54, 1.807) is 43.3 Å². The molecule has 10 heteroatoms. The summed E-state index contributed by atoms with van der Waals surface area (Å²) < 4.78 is 19.9. The van der Waals surface area contributed by atoms with Gasteiger partial charge < -0.3 is 9.64 Å². The molecule has 1 saturated heterocycles. The number of aromatic nitrogens is 2. The van der Waals surface area contributed by atoms with Crippen molar-refractivity contribution in [3.63, 3.8) is 0 Å². The Bertz CT molecular complexity index is 1260. The lowest BCUT2D eigenvalue weighted by Gasteiger charge is -2.44. The molecule has 4 heterocycles. The van der Waals surface area contributed by atoms with Gasteiger partial charge in [0, 0.05) is 45.2 Å². The maximum absolute atomic E-state index is 13.7. The van der Waals surface area contributed by atoms with Gasteiger partial charge in [0.1, 0.15) is 27.9 Å². The first kappa shape index (κ1) is 23.2. The first-order chi connectivity index (χ1) is 16.8. The molecule has 0 radical (unpaired) electrons. The standard InChI is InChI=1S/C25H26FN5O3S/c1-16-21(22(32)30(2)20-5-3-4-12-27-20)35-23(28-16)29-24(33)31-13-10-25(11-14-31)9-8-17-6-7-18(26)15-19(17)34-25/h3-7,12,15H,8-11,13-14H2,1-2H3,(H,28,29,33). The fraction of sp³-hybridized carbons (Fsp3) is 0.360. The van der Waals surface area contributed by atoms with E-state index in [-0.39, 0.29) is 23.4 Å². The highest BCUT2D eigenvalue weighted by atomic mass is 32.1. The van der Waals surface area contributed by atoms with Crippen molar-refractivity contribution in [1.29, 1.82) is 0 Å². The van der Waals surface area contributed by atoms with Gasteiger partial charge in [0.05, 0.1) is 5.69 Å². The van der Waals surface area contributed by atoms with E-state index in [2.05, 4.69) is 15.3 Å². The number of amides is 3. The Morgan fingerprint density at radius 2 is 2.00 bits per heavy atom. The number of aryl methyl sites for hydroxylation is 2. The van der Waals surface area contributed by atoms with Gasteiger partial charge in [0.25, 0.3) is 5.91 Å². The van der Waals surface area contributed by atoms with Gasteiger partial charge in [0.2, 0.25) is 0 Å². The van der Waals surface area contributed by atoms with Crippen molar-refractivity contribution in [2.75, 3.05) is 30.4 Å². The second kappa shape index (κ2) is 9.26. The number of carbonyl (C=O) groups excluding carboxylic acids is 2. The lowest BCUT2D eigenvalue weighted by molar-refractivity contribution is -0.00460. The maximum Gasteiger partial charge on any atom is 0.323 e. The van der Waals surface area contributed by atoms with E-state index in [1.807, 2.05) is 6.07 Å². The van der Waals surface area contributed by atoms with Crippen molar-refractivity contribution in [2.24, 2.45) is 0 Å². The molecule has 0 saturated carbocycles. The summed E-state index contributed by atoms with van der Waals surface area (Å²) in [4.78, 5) is 38.1. The number of ether oxygens (including phenoxy) is 1. The molecule has 2 aliphatic rings. The minimum atomic E-state index is -0.370. The smallest absolute Gasteiger partial charge is 0.323 e. The highest BCUT2D eigenvalue weighted by Crippen LogP contribution is 2.39. The largest absolute Gasteiger partial charge is 0.487 e. The first-order valence-electron chi connectivity index (χ1n) is 11.5. The number of benzene rings is 1. The molecule has 0 bridgehead atoms. The molecular weight excluding hydrogens is 469 g/mol. The summed E-state index contributed by atoms with van der Waals surface area (Å²) in [5.74, 6) is 0.611. The molecule has 8 nitrogen and oxygen atoms in total. The Hall–Kier alpha value is -3.53. The highest BCUT2D eigenvalue weighted by Gasteiger charge is 2.40. The number of hydrogen-bond donors (Lipinski definition) is 1. The topological polar surface area (TPSA) is 87.7 Å². The van der Waals surface area contributed by atoms with Gasteiger partial charge in [-0.2, -0.15) is 0 Å². The van der Waals surface area contributed by atoms with Gasteiger partial charge in [-0.1, -0.05) is 23.5 Å². The molecule has 1 spiro atoms. The number of anilines is 2. The van der Waals surface area contributed by atoms with Crippen LogP contribution in [0.5, 0.6) is 5.75 Å². The van der Waals surface area contributed by atoms with E-state index >= 15 is 0 Å². The van der Waals surface area contributed by atoms with E-state index in [4.69, 9.17) is 4.74 Å². The molecule has 35 heavy (non-hydrogen) atoms. The van der Waals surface area contributed by atoms with Crippen LogP contribution in [0.15, 0.2) is 42.6 Å². The summed E-state index contributed by atoms with van der Waals surface area (Å²) in [5.41, 5.74) is 1.21. The zero-order valence-electron chi connectivity index (χ0n) is 19.6. The van der Waals surface area contributed by atoms with Gasteiger partial charge in [-0.25, -0.2) is 19.2 Å². The molecular formula is C25H26FN5O3S. The summed E-state index contributed by atoms with van der Waals surface area (Å²) in [5, 5.41) is 3.22. The zero-order chi connectivity index (χ0) is 24.6. The molecule has 182 valence electrons. The predicted octanol–water partition coefficient (Wildman–Crippen LogP) is 4.65. The number of rotatable bonds is 3. The van der Waals surface area contributed by atoms with Crippen molar-refractivity contribution >= 4 is 34.2 Å². The molecule has 0 aliphatic carbocycles. The minimum Gasteiger partial charge on any atom is -0.487 e. The van der Waals surface area contributed by atoms with Crippen LogP contribution in [0.2, 0.25) is 0 Å². The molecule has 3 aromatic rings. The number of piperidine rings is 1. The third kappa shape index (κ3) is 4.70. The van der Waals surface area contributed by atoms with Gasteiger partial charge >= 0.3 is 6.03 Å². The highest BCUT2D eigenvalue weighted by molar-refractivity contribution is 7.17. The molecule has 2 aromatic heterocycles. The molecule has 5 rings (SSSR count). The van der Waals surface area contributed by atoms with Crippen LogP contribution in [-0.4, -0.2) is 52.5 Å². The van der Waals surface area contributed by atoms with Crippen LogP contribution < -0.4 is 15.0 Å². The number of nitrogens with zero attached hydrogens (tertiary/aromatic N) is 4. The van der Waals surface area contributed by atoms with Crippen LogP contribution in [0, 0.1) is 12.7 Å². The van der Waals surface area contributed by atoms with Gasteiger partial charge in [-0.15, -0.1) is 0 Å². The van der Waals surface area contributed by atoms with Crippen LogP contribution in [0.4, 0.5) is 20.1 Å². The summed E-state index contributed by atoms with van der Waals surface area (Å²) in [6, 6.07) is 9.79. The van der Waals surface area contributed by atoms with Crippen LogP contribution in [-0.2, 0) is 6.42 Å². The monoisotopic (exact) mass is 495 g/mol. The number of pyridine rings is 1. The SMILES string of the molecule is Cc1nc(NC(=O)N2CCC3(CCc4ccc(F)cc4O3)CC2)sc1C(=O)N(C)c1ccccn1. The van der Waals surface area contributed by atoms with Crippen LogP contribution in [0.25, 0.3) is 0 Å². The molecule has 1 aromatic carbocycles. The Morgan fingerprint density at radius 3 is 2.74 bits per heavy atom. The summed E-state index contributed by atoms with van der Waals surface area (Å²) in [7, 11) is 1.66. The van der Waals surface area contributed by atoms with E-state index in [9.17, 15) is 14.0 Å². The lowest BCUT2D eigenvalue weighted by atomic mass is 9.83. The average Bonchev–Trinajstić information content (AvgIpc) is 3.23. The Labute approximate surface area is 206 Å². The summed E-state index contributed by atoms with van der Waals surface area (Å²) in [6.45, 7) is 2.79. The molecule has 1 fully saturated rings. The second-order valence-corrected chi connectivity index (χ2v) is 9.94.